The van der Waals surface area contributed by atoms with E-state index in [-0.39, 0.29) is 0 Å². The molecule has 21 heavy (non-hydrogen) atoms. The largest absolute Gasteiger partial charge is 0.313 e. The molecule has 4 heteroatoms. The van der Waals surface area contributed by atoms with Crippen LogP contribution in [0, 0.1) is 6.92 Å². The van der Waals surface area contributed by atoms with Gasteiger partial charge in [-0.3, -0.25) is 4.68 Å². The molecule has 1 heterocycles. The number of hydrogen-bond acceptors (Lipinski definition) is 2. The lowest BCUT2D eigenvalue weighted by Gasteiger charge is -2.18. The van der Waals surface area contributed by atoms with E-state index < -0.39 is 0 Å². The Hall–Kier alpha value is -1.32. The number of rotatable bonds is 6. The van der Waals surface area contributed by atoms with E-state index in [9.17, 15) is 0 Å². The lowest BCUT2D eigenvalue weighted by Crippen LogP contribution is -2.25. The Kier molecular flexibility index (Phi) is 4.32. The van der Waals surface area contributed by atoms with Crippen LogP contribution in [0.4, 0.5) is 0 Å². The van der Waals surface area contributed by atoms with E-state index in [1.165, 1.54) is 18.4 Å². The monoisotopic (exact) mass is 303 g/mol. The summed E-state index contributed by atoms with van der Waals surface area (Å²) in [5.41, 5.74) is 3.40. The Morgan fingerprint density at radius 1 is 1.33 bits per heavy atom. The maximum atomic E-state index is 6.42. The van der Waals surface area contributed by atoms with Crippen molar-refractivity contribution in [3.05, 3.63) is 52.3 Å². The average Bonchev–Trinajstić information content (AvgIpc) is 3.28. The van der Waals surface area contributed by atoms with E-state index in [1.54, 1.807) is 0 Å². The van der Waals surface area contributed by atoms with Crippen molar-refractivity contribution in [3.63, 3.8) is 0 Å². The van der Waals surface area contributed by atoms with Crippen molar-refractivity contribution in [3.8, 4) is 0 Å². The second-order valence-corrected chi connectivity index (χ2v) is 6.34. The third kappa shape index (κ3) is 3.47. The molecule has 0 aliphatic heterocycles. The van der Waals surface area contributed by atoms with Crippen LogP contribution in [-0.2, 0) is 13.5 Å². The fraction of sp³-hybridized carbons (Fsp3) is 0.471. The highest BCUT2D eigenvalue weighted by atomic mass is 35.5. The van der Waals surface area contributed by atoms with Gasteiger partial charge in [0, 0.05) is 25.6 Å². The van der Waals surface area contributed by atoms with E-state index in [2.05, 4.69) is 40.7 Å². The Morgan fingerprint density at radius 3 is 2.62 bits per heavy atom. The summed E-state index contributed by atoms with van der Waals surface area (Å²) in [6.07, 6.45) is 3.54. The fourth-order valence-corrected chi connectivity index (χ4v) is 3.00. The molecule has 1 atom stereocenters. The number of nitrogens with zero attached hydrogens (tertiary/aromatic N) is 2. The smallest absolute Gasteiger partial charge is 0.0847 e. The molecule has 0 bridgehead atoms. The summed E-state index contributed by atoms with van der Waals surface area (Å²) in [7, 11) is 1.98. The Balaban J connectivity index is 1.80. The molecule has 0 amide bonds. The van der Waals surface area contributed by atoms with Gasteiger partial charge in [-0.25, -0.2) is 0 Å². The predicted molar refractivity (Wildman–Crippen MR) is 86.9 cm³/mol. The summed E-state index contributed by atoms with van der Waals surface area (Å²) in [6, 6.07) is 11.4. The van der Waals surface area contributed by atoms with Crippen molar-refractivity contribution in [2.75, 3.05) is 6.54 Å². The first-order chi connectivity index (χ1) is 10.1. The van der Waals surface area contributed by atoms with Crippen molar-refractivity contribution in [1.82, 2.24) is 15.1 Å². The maximum absolute atomic E-state index is 6.42. The molecule has 3 rings (SSSR count). The lowest BCUT2D eigenvalue weighted by atomic mass is 9.94. The predicted octanol–water partition coefficient (Wildman–Crippen LogP) is 3.46. The number of benzene rings is 1. The highest BCUT2D eigenvalue weighted by molar-refractivity contribution is 6.31. The van der Waals surface area contributed by atoms with Crippen LogP contribution >= 0.6 is 11.6 Å². The van der Waals surface area contributed by atoms with Crippen molar-refractivity contribution in [2.45, 2.75) is 38.1 Å². The summed E-state index contributed by atoms with van der Waals surface area (Å²) in [5.74, 6) is 0.430. The van der Waals surface area contributed by atoms with Crippen LogP contribution < -0.4 is 5.32 Å². The van der Waals surface area contributed by atoms with Gasteiger partial charge in [-0.05, 0) is 31.7 Å². The molecule has 0 saturated heterocycles. The van der Waals surface area contributed by atoms with Crippen molar-refractivity contribution >= 4 is 11.6 Å². The molecule has 1 unspecified atom stereocenters. The maximum Gasteiger partial charge on any atom is 0.0847 e. The number of aryl methyl sites for hydroxylation is 2. The molecule has 3 nitrogen and oxygen atoms in total. The van der Waals surface area contributed by atoms with Crippen molar-refractivity contribution < 1.29 is 0 Å². The van der Waals surface area contributed by atoms with Gasteiger partial charge in [0.1, 0.15) is 0 Å². The zero-order valence-corrected chi connectivity index (χ0v) is 13.4. The normalized spacial score (nSPS) is 16.1. The summed E-state index contributed by atoms with van der Waals surface area (Å²) in [6.45, 7) is 2.96. The summed E-state index contributed by atoms with van der Waals surface area (Å²) in [5, 5.41) is 8.89. The SMILES string of the molecule is Cc1nn(C)c(CC(CNC2CC2)c2ccccc2)c1Cl. The molecule has 1 aromatic carbocycles. The fourth-order valence-electron chi connectivity index (χ4n) is 2.76. The first-order valence-electron chi connectivity index (χ1n) is 7.61. The molecule has 1 aliphatic carbocycles. The number of hydrogen-bond donors (Lipinski definition) is 1. The Morgan fingerprint density at radius 2 is 2.05 bits per heavy atom. The minimum absolute atomic E-state index is 0.430. The first kappa shape index (κ1) is 14.6. The quantitative estimate of drug-likeness (QED) is 0.885. The van der Waals surface area contributed by atoms with Gasteiger partial charge in [0.25, 0.3) is 0 Å². The molecule has 112 valence electrons. The van der Waals surface area contributed by atoms with Gasteiger partial charge < -0.3 is 5.32 Å². The van der Waals surface area contributed by atoms with Crippen LogP contribution in [0.2, 0.25) is 5.02 Å². The standard InChI is InChI=1S/C17H22ClN3/c1-12-17(18)16(21(2)20-12)10-14(11-19-15-8-9-15)13-6-4-3-5-7-13/h3-7,14-15,19H,8-11H2,1-2H3. The molecular weight excluding hydrogens is 282 g/mol. The Labute approximate surface area is 131 Å². The van der Waals surface area contributed by atoms with Crippen LogP contribution in [0.5, 0.6) is 0 Å². The van der Waals surface area contributed by atoms with Crippen molar-refractivity contribution in [1.29, 1.82) is 0 Å². The third-order valence-electron chi connectivity index (χ3n) is 4.20. The van der Waals surface area contributed by atoms with E-state index in [0.717, 1.165) is 35.4 Å². The van der Waals surface area contributed by atoms with Gasteiger partial charge >= 0.3 is 0 Å². The van der Waals surface area contributed by atoms with E-state index >= 15 is 0 Å². The second kappa shape index (κ2) is 6.20. The Bertz CT molecular complexity index is 602. The summed E-state index contributed by atoms with van der Waals surface area (Å²) in [4.78, 5) is 0. The molecular formula is C17H22ClN3. The molecule has 1 aromatic heterocycles. The van der Waals surface area contributed by atoms with Gasteiger partial charge in [0.05, 0.1) is 16.4 Å². The van der Waals surface area contributed by atoms with E-state index in [0.29, 0.717) is 5.92 Å². The van der Waals surface area contributed by atoms with Crippen LogP contribution in [0.25, 0.3) is 0 Å². The topological polar surface area (TPSA) is 29.9 Å². The number of aromatic nitrogens is 2. The number of nitrogens with one attached hydrogen (secondary N) is 1. The molecule has 1 aliphatic rings. The average molecular weight is 304 g/mol. The van der Waals surface area contributed by atoms with Gasteiger partial charge in [0.15, 0.2) is 0 Å². The third-order valence-corrected chi connectivity index (χ3v) is 4.69. The van der Waals surface area contributed by atoms with E-state index in [4.69, 9.17) is 11.6 Å². The number of halogens is 1. The highest BCUT2D eigenvalue weighted by Crippen LogP contribution is 2.28. The van der Waals surface area contributed by atoms with Crippen molar-refractivity contribution in [2.24, 2.45) is 7.05 Å². The van der Waals surface area contributed by atoms with Gasteiger partial charge in [0.2, 0.25) is 0 Å². The second-order valence-electron chi connectivity index (χ2n) is 5.96. The molecule has 1 saturated carbocycles. The lowest BCUT2D eigenvalue weighted by molar-refractivity contribution is 0.557. The van der Waals surface area contributed by atoms with Gasteiger partial charge in [-0.1, -0.05) is 41.9 Å². The zero-order valence-electron chi connectivity index (χ0n) is 12.6. The molecule has 1 fully saturated rings. The van der Waals surface area contributed by atoms with Gasteiger partial charge in [-0.2, -0.15) is 5.10 Å². The van der Waals surface area contributed by atoms with Crippen LogP contribution in [-0.4, -0.2) is 22.4 Å². The van der Waals surface area contributed by atoms with Crippen LogP contribution in [0.15, 0.2) is 30.3 Å². The van der Waals surface area contributed by atoms with Crippen LogP contribution in [0.3, 0.4) is 0 Å². The summed E-state index contributed by atoms with van der Waals surface area (Å²) < 4.78 is 1.92. The highest BCUT2D eigenvalue weighted by Gasteiger charge is 2.24. The molecule has 0 spiro atoms. The zero-order chi connectivity index (χ0) is 14.8. The van der Waals surface area contributed by atoms with E-state index in [1.807, 2.05) is 18.7 Å². The molecule has 2 aromatic rings. The van der Waals surface area contributed by atoms with Gasteiger partial charge in [-0.15, -0.1) is 0 Å². The minimum Gasteiger partial charge on any atom is -0.313 e. The summed E-state index contributed by atoms with van der Waals surface area (Å²) >= 11 is 6.42. The van der Waals surface area contributed by atoms with Crippen LogP contribution in [0.1, 0.15) is 35.7 Å². The molecule has 0 radical (unpaired) electrons. The first-order valence-corrected chi connectivity index (χ1v) is 7.99. The minimum atomic E-state index is 0.430. The molecule has 1 N–H and O–H groups in total.